The van der Waals surface area contributed by atoms with Gasteiger partial charge < -0.3 is 10.6 Å². The number of hydrogen-bond donors (Lipinski definition) is 2. The van der Waals surface area contributed by atoms with Gasteiger partial charge >= 0.3 is 0 Å². The number of benzene rings is 1. The van der Waals surface area contributed by atoms with Crippen molar-refractivity contribution in [2.45, 2.75) is 13.5 Å². The third-order valence-corrected chi connectivity index (χ3v) is 3.00. The number of rotatable bonds is 4. The summed E-state index contributed by atoms with van der Waals surface area (Å²) >= 11 is 0. The molecule has 2 rings (SSSR count). The van der Waals surface area contributed by atoms with Crippen LogP contribution < -0.4 is 10.6 Å². The summed E-state index contributed by atoms with van der Waals surface area (Å²) in [4.78, 5) is 6.48. The lowest BCUT2D eigenvalue weighted by molar-refractivity contribution is 0.890. The molecule has 4 heteroatoms. The van der Waals surface area contributed by atoms with Gasteiger partial charge in [-0.2, -0.15) is 0 Å². The predicted molar refractivity (Wildman–Crippen MR) is 78.5 cm³/mol. The Morgan fingerprint density at radius 1 is 1.32 bits per heavy atom. The Kier molecular flexibility index (Phi) is 3.80. The van der Waals surface area contributed by atoms with E-state index in [1.165, 1.54) is 0 Å². The van der Waals surface area contributed by atoms with Crippen molar-refractivity contribution in [3.63, 3.8) is 0 Å². The molecule has 0 radical (unpaired) electrons. The molecule has 0 unspecified atom stereocenters. The van der Waals surface area contributed by atoms with Gasteiger partial charge in [-0.25, -0.2) is 4.98 Å². The van der Waals surface area contributed by atoms with Crippen LogP contribution in [0.4, 0.5) is 5.82 Å². The number of aromatic nitrogens is 1. The van der Waals surface area contributed by atoms with E-state index < -0.39 is 0 Å². The first-order chi connectivity index (χ1) is 9.08. The van der Waals surface area contributed by atoms with Crippen molar-refractivity contribution in [2.75, 3.05) is 11.9 Å². The zero-order valence-corrected chi connectivity index (χ0v) is 11.2. The van der Waals surface area contributed by atoms with E-state index in [0.29, 0.717) is 0 Å². The predicted octanol–water partition coefficient (Wildman–Crippen LogP) is 2.31. The highest BCUT2D eigenvalue weighted by atomic mass is 15.2. The number of hydrogen-bond acceptors (Lipinski definition) is 3. The highest BCUT2D eigenvalue weighted by Crippen LogP contribution is 2.17. The van der Waals surface area contributed by atoms with Crippen molar-refractivity contribution in [3.8, 4) is 0 Å². The molecule has 1 heterocycles. The van der Waals surface area contributed by atoms with Gasteiger partial charge in [0.25, 0.3) is 0 Å². The van der Waals surface area contributed by atoms with Crippen LogP contribution in [0.3, 0.4) is 0 Å². The van der Waals surface area contributed by atoms with E-state index in [0.717, 1.165) is 29.1 Å². The maximum absolute atomic E-state index is 7.46. The van der Waals surface area contributed by atoms with E-state index in [2.05, 4.69) is 9.88 Å². The van der Waals surface area contributed by atoms with Gasteiger partial charge in [-0.1, -0.05) is 24.3 Å². The van der Waals surface area contributed by atoms with E-state index in [4.69, 9.17) is 11.1 Å². The Morgan fingerprint density at radius 3 is 2.79 bits per heavy atom. The number of pyridine rings is 1. The lowest BCUT2D eigenvalue weighted by atomic mass is 10.1. The summed E-state index contributed by atoms with van der Waals surface area (Å²) in [6.45, 7) is 2.78. The topological polar surface area (TPSA) is 66.0 Å². The van der Waals surface area contributed by atoms with E-state index in [-0.39, 0.29) is 5.84 Å². The van der Waals surface area contributed by atoms with Crippen LogP contribution in [0.1, 0.15) is 16.7 Å². The molecular weight excluding hydrogens is 236 g/mol. The second kappa shape index (κ2) is 5.52. The standard InChI is InChI=1S/C15H18N4/c1-11-5-4-8-18-15(11)19(2)10-12-6-3-7-13(9-12)14(16)17/h3-9H,10H2,1-2H3,(H3,16,17). The van der Waals surface area contributed by atoms with Crippen LogP contribution in [0.2, 0.25) is 0 Å². The van der Waals surface area contributed by atoms with Gasteiger partial charge in [-0.3, -0.25) is 5.41 Å². The van der Waals surface area contributed by atoms with Crippen LogP contribution in [-0.2, 0) is 6.54 Å². The molecule has 0 aliphatic heterocycles. The molecule has 98 valence electrons. The van der Waals surface area contributed by atoms with Gasteiger partial charge in [0.05, 0.1) is 0 Å². The Labute approximate surface area is 113 Å². The van der Waals surface area contributed by atoms with Crippen LogP contribution >= 0.6 is 0 Å². The minimum absolute atomic E-state index is 0.0959. The summed E-state index contributed by atoms with van der Waals surface area (Å²) in [5.41, 5.74) is 8.52. The lowest BCUT2D eigenvalue weighted by Crippen LogP contribution is -2.19. The molecule has 1 aromatic heterocycles. The molecule has 4 nitrogen and oxygen atoms in total. The fourth-order valence-corrected chi connectivity index (χ4v) is 2.06. The average molecular weight is 254 g/mol. The van der Waals surface area contributed by atoms with Gasteiger partial charge in [0.15, 0.2) is 0 Å². The highest BCUT2D eigenvalue weighted by molar-refractivity contribution is 5.95. The van der Waals surface area contributed by atoms with Crippen LogP contribution in [0, 0.1) is 12.3 Å². The minimum atomic E-state index is 0.0959. The third-order valence-electron chi connectivity index (χ3n) is 3.00. The van der Waals surface area contributed by atoms with Gasteiger partial charge in [0.1, 0.15) is 11.7 Å². The molecule has 0 bridgehead atoms. The van der Waals surface area contributed by atoms with E-state index in [1.807, 2.05) is 50.4 Å². The van der Waals surface area contributed by atoms with Crippen LogP contribution in [0.15, 0.2) is 42.6 Å². The molecule has 0 spiro atoms. The number of amidine groups is 1. The maximum Gasteiger partial charge on any atom is 0.131 e. The molecule has 2 aromatic rings. The maximum atomic E-state index is 7.46. The van der Waals surface area contributed by atoms with Gasteiger partial charge in [0.2, 0.25) is 0 Å². The summed E-state index contributed by atoms with van der Waals surface area (Å²) < 4.78 is 0. The first kappa shape index (κ1) is 13.1. The normalized spacial score (nSPS) is 10.2. The zero-order valence-electron chi connectivity index (χ0n) is 11.2. The van der Waals surface area contributed by atoms with Crippen LogP contribution in [0.25, 0.3) is 0 Å². The molecule has 0 atom stereocenters. The first-order valence-corrected chi connectivity index (χ1v) is 6.14. The Balaban J connectivity index is 2.19. The summed E-state index contributed by atoms with van der Waals surface area (Å²) in [5.74, 6) is 1.06. The number of anilines is 1. The smallest absolute Gasteiger partial charge is 0.131 e. The summed E-state index contributed by atoms with van der Waals surface area (Å²) in [6.07, 6.45) is 1.80. The average Bonchev–Trinajstić information content (AvgIpc) is 2.39. The SMILES string of the molecule is Cc1cccnc1N(C)Cc1cccc(C(=N)N)c1. The van der Waals surface area contributed by atoms with Crippen molar-refractivity contribution in [2.24, 2.45) is 5.73 Å². The van der Waals surface area contributed by atoms with E-state index in [9.17, 15) is 0 Å². The molecule has 0 saturated heterocycles. The van der Waals surface area contributed by atoms with E-state index >= 15 is 0 Å². The highest BCUT2D eigenvalue weighted by Gasteiger charge is 2.07. The third kappa shape index (κ3) is 3.10. The summed E-state index contributed by atoms with van der Waals surface area (Å²) in [5, 5.41) is 7.46. The summed E-state index contributed by atoms with van der Waals surface area (Å²) in [6, 6.07) is 11.7. The number of aryl methyl sites for hydroxylation is 1. The van der Waals surface area contributed by atoms with Crippen LogP contribution in [0.5, 0.6) is 0 Å². The van der Waals surface area contributed by atoms with Crippen molar-refractivity contribution in [1.29, 1.82) is 5.41 Å². The van der Waals surface area contributed by atoms with Gasteiger partial charge in [-0.05, 0) is 30.2 Å². The lowest BCUT2D eigenvalue weighted by Gasteiger charge is -2.20. The Morgan fingerprint density at radius 2 is 2.11 bits per heavy atom. The molecule has 19 heavy (non-hydrogen) atoms. The van der Waals surface area contributed by atoms with Gasteiger partial charge in [-0.15, -0.1) is 0 Å². The largest absolute Gasteiger partial charge is 0.384 e. The fraction of sp³-hybridized carbons (Fsp3) is 0.200. The van der Waals surface area contributed by atoms with Crippen molar-refractivity contribution in [3.05, 3.63) is 59.3 Å². The molecule has 0 aliphatic rings. The van der Waals surface area contributed by atoms with Crippen molar-refractivity contribution < 1.29 is 0 Å². The molecule has 3 N–H and O–H groups in total. The van der Waals surface area contributed by atoms with E-state index in [1.54, 1.807) is 6.20 Å². The molecule has 1 aromatic carbocycles. The Hall–Kier alpha value is -2.36. The molecule has 0 saturated carbocycles. The van der Waals surface area contributed by atoms with Crippen molar-refractivity contribution >= 4 is 11.7 Å². The first-order valence-electron chi connectivity index (χ1n) is 6.14. The monoisotopic (exact) mass is 254 g/mol. The fourth-order valence-electron chi connectivity index (χ4n) is 2.06. The molecule has 0 aliphatic carbocycles. The minimum Gasteiger partial charge on any atom is -0.384 e. The second-order valence-corrected chi connectivity index (χ2v) is 4.61. The number of nitrogens with two attached hydrogens (primary N) is 1. The zero-order chi connectivity index (χ0) is 13.8. The van der Waals surface area contributed by atoms with Gasteiger partial charge in [0, 0.05) is 25.4 Å². The number of nitrogens with one attached hydrogen (secondary N) is 1. The quantitative estimate of drug-likeness (QED) is 0.650. The molecular formula is C15H18N4. The molecule has 0 fully saturated rings. The molecule has 0 amide bonds. The Bertz CT molecular complexity index is 592. The van der Waals surface area contributed by atoms with Crippen molar-refractivity contribution in [1.82, 2.24) is 4.98 Å². The second-order valence-electron chi connectivity index (χ2n) is 4.61. The number of nitrogen functional groups attached to an aromatic ring is 1. The number of nitrogens with zero attached hydrogens (tertiary/aromatic N) is 2. The summed E-state index contributed by atoms with van der Waals surface area (Å²) in [7, 11) is 2.01. The van der Waals surface area contributed by atoms with Crippen LogP contribution in [-0.4, -0.2) is 17.9 Å².